The topological polar surface area (TPSA) is 33.4 Å². The molecular weight excluding hydrogens is 164 g/mol. The molecule has 1 N–H and O–H groups in total. The van der Waals surface area contributed by atoms with Gasteiger partial charge in [0, 0.05) is 5.56 Å². The van der Waals surface area contributed by atoms with Gasteiger partial charge in [-0.05, 0) is 25.3 Å². The highest BCUT2D eigenvalue weighted by molar-refractivity contribution is 5.23. The molecule has 0 saturated heterocycles. The average molecular weight is 182 g/mol. The van der Waals surface area contributed by atoms with Gasteiger partial charge in [-0.3, -0.25) is 0 Å². The van der Waals surface area contributed by atoms with E-state index in [9.17, 15) is 5.11 Å². The van der Waals surface area contributed by atoms with Gasteiger partial charge in [-0.1, -0.05) is 20.8 Å². The van der Waals surface area contributed by atoms with Crippen LogP contribution in [0.15, 0.2) is 10.5 Å². The molecule has 1 heterocycles. The molecule has 0 fully saturated rings. The SMILES string of the molecule is Cc1cc(C(O)C(C)(C)C)c(C)o1. The molecule has 13 heavy (non-hydrogen) atoms. The lowest BCUT2D eigenvalue weighted by molar-refractivity contribution is 0.0614. The normalized spacial score (nSPS) is 14.6. The summed E-state index contributed by atoms with van der Waals surface area (Å²) in [6, 6.07) is 1.91. The quantitative estimate of drug-likeness (QED) is 0.724. The summed E-state index contributed by atoms with van der Waals surface area (Å²) in [5.41, 5.74) is 0.770. The smallest absolute Gasteiger partial charge is 0.106 e. The lowest BCUT2D eigenvalue weighted by atomic mass is 9.85. The number of aliphatic hydroxyl groups excluding tert-OH is 1. The third-order valence-electron chi connectivity index (χ3n) is 2.19. The van der Waals surface area contributed by atoms with E-state index in [1.807, 2.05) is 40.7 Å². The van der Waals surface area contributed by atoms with Crippen molar-refractivity contribution in [3.05, 3.63) is 23.2 Å². The lowest BCUT2D eigenvalue weighted by Gasteiger charge is -2.25. The van der Waals surface area contributed by atoms with E-state index >= 15 is 0 Å². The largest absolute Gasteiger partial charge is 0.466 e. The summed E-state index contributed by atoms with van der Waals surface area (Å²) in [6.45, 7) is 9.82. The Labute approximate surface area is 79.6 Å². The van der Waals surface area contributed by atoms with Crippen molar-refractivity contribution in [1.82, 2.24) is 0 Å². The molecule has 1 unspecified atom stereocenters. The molecular formula is C11H18O2. The maximum atomic E-state index is 9.99. The summed E-state index contributed by atoms with van der Waals surface area (Å²) in [4.78, 5) is 0. The van der Waals surface area contributed by atoms with Gasteiger partial charge >= 0.3 is 0 Å². The van der Waals surface area contributed by atoms with E-state index in [4.69, 9.17) is 4.42 Å². The Bertz CT molecular complexity index is 292. The van der Waals surface area contributed by atoms with Crippen molar-refractivity contribution in [3.8, 4) is 0 Å². The summed E-state index contributed by atoms with van der Waals surface area (Å²) in [6.07, 6.45) is -0.454. The summed E-state index contributed by atoms with van der Waals surface area (Å²) in [7, 11) is 0. The zero-order valence-corrected chi connectivity index (χ0v) is 9.01. The molecule has 0 bridgehead atoms. The number of aliphatic hydroxyl groups is 1. The summed E-state index contributed by atoms with van der Waals surface area (Å²) in [5, 5.41) is 9.99. The fraction of sp³-hybridized carbons (Fsp3) is 0.636. The lowest BCUT2D eigenvalue weighted by Crippen LogP contribution is -2.17. The molecule has 0 aliphatic rings. The van der Waals surface area contributed by atoms with Gasteiger partial charge in [-0.25, -0.2) is 0 Å². The highest BCUT2D eigenvalue weighted by atomic mass is 16.3. The molecule has 1 rings (SSSR count). The average Bonchev–Trinajstić information content (AvgIpc) is 2.26. The standard InChI is InChI=1S/C11H18O2/c1-7-6-9(8(2)13-7)10(12)11(3,4)5/h6,10,12H,1-5H3. The van der Waals surface area contributed by atoms with Crippen LogP contribution in [0.5, 0.6) is 0 Å². The second-order valence-electron chi connectivity index (χ2n) is 4.64. The second-order valence-corrected chi connectivity index (χ2v) is 4.64. The number of hydrogen-bond donors (Lipinski definition) is 1. The molecule has 0 amide bonds. The monoisotopic (exact) mass is 182 g/mol. The van der Waals surface area contributed by atoms with Crippen LogP contribution in [0.4, 0.5) is 0 Å². The van der Waals surface area contributed by atoms with Crippen molar-refractivity contribution >= 4 is 0 Å². The van der Waals surface area contributed by atoms with E-state index < -0.39 is 6.10 Å². The zero-order valence-electron chi connectivity index (χ0n) is 9.01. The third kappa shape index (κ3) is 2.13. The van der Waals surface area contributed by atoms with Crippen LogP contribution in [0.1, 0.15) is 44.0 Å². The van der Waals surface area contributed by atoms with E-state index in [1.165, 1.54) is 0 Å². The Morgan fingerprint density at radius 3 is 2.15 bits per heavy atom. The van der Waals surface area contributed by atoms with Crippen molar-refractivity contribution < 1.29 is 9.52 Å². The van der Waals surface area contributed by atoms with E-state index in [2.05, 4.69) is 0 Å². The first kappa shape index (κ1) is 10.3. The predicted octanol–water partition coefficient (Wildman–Crippen LogP) is 2.98. The Kier molecular flexibility index (Phi) is 2.53. The molecule has 0 aliphatic carbocycles. The molecule has 2 nitrogen and oxygen atoms in total. The molecule has 0 aromatic carbocycles. The third-order valence-corrected chi connectivity index (χ3v) is 2.19. The molecule has 2 heteroatoms. The number of rotatable bonds is 1. The van der Waals surface area contributed by atoms with E-state index in [0.717, 1.165) is 17.1 Å². The van der Waals surface area contributed by atoms with Gasteiger partial charge < -0.3 is 9.52 Å². The molecule has 0 aliphatic heterocycles. The van der Waals surface area contributed by atoms with Crippen LogP contribution >= 0.6 is 0 Å². The van der Waals surface area contributed by atoms with Crippen molar-refractivity contribution in [2.45, 2.75) is 40.7 Å². The van der Waals surface area contributed by atoms with Gasteiger partial charge in [0.25, 0.3) is 0 Å². The summed E-state index contributed by atoms with van der Waals surface area (Å²) in [5.74, 6) is 1.68. The number of aryl methyl sites for hydroxylation is 2. The Balaban J connectivity index is 3.01. The van der Waals surface area contributed by atoms with E-state index in [-0.39, 0.29) is 5.41 Å². The first-order chi connectivity index (χ1) is 5.82. The van der Waals surface area contributed by atoms with Gasteiger partial charge in [0.2, 0.25) is 0 Å². The maximum absolute atomic E-state index is 9.99. The fourth-order valence-corrected chi connectivity index (χ4v) is 1.39. The van der Waals surface area contributed by atoms with Crippen LogP contribution in [-0.2, 0) is 0 Å². The van der Waals surface area contributed by atoms with Crippen molar-refractivity contribution in [2.24, 2.45) is 5.41 Å². The zero-order chi connectivity index (χ0) is 10.2. The first-order valence-corrected chi connectivity index (χ1v) is 4.57. The van der Waals surface area contributed by atoms with Gasteiger partial charge in [-0.15, -0.1) is 0 Å². The van der Waals surface area contributed by atoms with Crippen molar-refractivity contribution in [1.29, 1.82) is 0 Å². The fourth-order valence-electron chi connectivity index (χ4n) is 1.39. The minimum Gasteiger partial charge on any atom is -0.466 e. The summed E-state index contributed by atoms with van der Waals surface area (Å²) < 4.78 is 5.37. The van der Waals surface area contributed by atoms with Gasteiger partial charge in [0.1, 0.15) is 11.5 Å². The second kappa shape index (κ2) is 3.18. The Hall–Kier alpha value is -0.760. The van der Waals surface area contributed by atoms with Gasteiger partial charge in [0.05, 0.1) is 6.10 Å². The van der Waals surface area contributed by atoms with E-state index in [0.29, 0.717) is 0 Å². The molecule has 0 spiro atoms. The molecule has 1 aromatic heterocycles. The Morgan fingerprint density at radius 2 is 1.85 bits per heavy atom. The van der Waals surface area contributed by atoms with Crippen molar-refractivity contribution in [3.63, 3.8) is 0 Å². The number of furan rings is 1. The molecule has 0 saturated carbocycles. The maximum Gasteiger partial charge on any atom is 0.106 e. The highest BCUT2D eigenvalue weighted by Crippen LogP contribution is 2.35. The van der Waals surface area contributed by atoms with Gasteiger partial charge in [-0.2, -0.15) is 0 Å². The van der Waals surface area contributed by atoms with Crippen LogP contribution in [0.25, 0.3) is 0 Å². The molecule has 74 valence electrons. The van der Waals surface area contributed by atoms with Crippen LogP contribution in [0, 0.1) is 19.3 Å². The first-order valence-electron chi connectivity index (χ1n) is 4.57. The molecule has 0 radical (unpaired) electrons. The minimum atomic E-state index is -0.454. The minimum absolute atomic E-state index is 0.138. The van der Waals surface area contributed by atoms with Crippen LogP contribution < -0.4 is 0 Å². The molecule has 1 atom stereocenters. The highest BCUT2D eigenvalue weighted by Gasteiger charge is 2.26. The van der Waals surface area contributed by atoms with Crippen LogP contribution in [0.3, 0.4) is 0 Å². The van der Waals surface area contributed by atoms with Crippen molar-refractivity contribution in [2.75, 3.05) is 0 Å². The van der Waals surface area contributed by atoms with Gasteiger partial charge in [0.15, 0.2) is 0 Å². The predicted molar refractivity (Wildman–Crippen MR) is 52.6 cm³/mol. The summed E-state index contributed by atoms with van der Waals surface area (Å²) >= 11 is 0. The Morgan fingerprint density at radius 1 is 1.31 bits per heavy atom. The van der Waals surface area contributed by atoms with E-state index in [1.54, 1.807) is 0 Å². The molecule has 1 aromatic rings. The number of hydrogen-bond acceptors (Lipinski definition) is 2. The van der Waals surface area contributed by atoms with Crippen LogP contribution in [0.2, 0.25) is 0 Å². The van der Waals surface area contributed by atoms with Crippen LogP contribution in [-0.4, -0.2) is 5.11 Å².